The zero-order valence-electron chi connectivity index (χ0n) is 19.4. The number of aryl methyl sites for hydroxylation is 1. The molecule has 0 radical (unpaired) electrons. The van der Waals surface area contributed by atoms with Crippen LogP contribution in [-0.4, -0.2) is 22.2 Å². The monoisotopic (exact) mass is 558 g/mol. The van der Waals surface area contributed by atoms with Gasteiger partial charge in [0.05, 0.1) is 14.7 Å². The Morgan fingerprint density at radius 2 is 1.25 bits per heavy atom. The molecule has 5 nitrogen and oxygen atoms in total. The lowest BCUT2D eigenvalue weighted by molar-refractivity contribution is 0.0679. The van der Waals surface area contributed by atoms with Gasteiger partial charge in [0.15, 0.2) is 21.2 Å². The van der Waals surface area contributed by atoms with Crippen molar-refractivity contribution in [1.29, 1.82) is 0 Å². The number of unbranched alkanes of at least 4 members (excludes halogenated alkanes) is 12. The van der Waals surface area contributed by atoms with Crippen molar-refractivity contribution in [3.8, 4) is 0 Å². The fourth-order valence-electron chi connectivity index (χ4n) is 3.81. The first-order valence-corrected chi connectivity index (χ1v) is 14.0. The van der Waals surface area contributed by atoms with E-state index in [1.165, 1.54) is 69.9 Å². The quantitative estimate of drug-likeness (QED) is 0.102. The number of carboxylic acid groups (broad SMARTS) is 2. The van der Waals surface area contributed by atoms with Crippen LogP contribution >= 0.6 is 21.2 Å². The van der Waals surface area contributed by atoms with Gasteiger partial charge in [-0.2, -0.15) is 0 Å². The predicted octanol–water partition coefficient (Wildman–Crippen LogP) is 8.15. The maximum absolute atomic E-state index is 11.5. The molecular weight excluding hydrogens is 519 g/mol. The first-order chi connectivity index (χ1) is 15.5. The van der Waals surface area contributed by atoms with Gasteiger partial charge in [0, 0.05) is 0 Å². The molecule has 0 spiro atoms. The van der Waals surface area contributed by atoms with Crippen molar-refractivity contribution >= 4 is 33.1 Å². The smallest absolute Gasteiger partial charge is 0.336 e. The molecule has 1 aromatic rings. The van der Waals surface area contributed by atoms with Crippen molar-refractivity contribution in [2.24, 2.45) is 0 Å². The van der Waals surface area contributed by atoms with E-state index in [4.69, 9.17) is 0 Å². The van der Waals surface area contributed by atoms with Crippen LogP contribution in [0.2, 0.25) is 0 Å². The van der Waals surface area contributed by atoms with Crippen molar-refractivity contribution in [2.75, 3.05) is 0 Å². The Labute approximate surface area is 203 Å². The summed E-state index contributed by atoms with van der Waals surface area (Å²) in [6.45, 7) is 2.25. The van der Waals surface area contributed by atoms with Gasteiger partial charge in [-0.05, 0) is 56.2 Å². The molecule has 6 heteroatoms. The van der Waals surface area contributed by atoms with E-state index in [0.717, 1.165) is 32.1 Å². The Balaban J connectivity index is 2.21. The fourth-order valence-corrected chi connectivity index (χ4v) is 4.88. The van der Waals surface area contributed by atoms with Crippen LogP contribution in [0.4, 0.5) is 0 Å². The largest absolute Gasteiger partial charge is 0.478 e. The summed E-state index contributed by atoms with van der Waals surface area (Å²) in [7, 11) is 0. The summed E-state index contributed by atoms with van der Waals surface area (Å²) in [6, 6.07) is 2.67. The number of halogens is 1. The third-order valence-electron chi connectivity index (χ3n) is 5.69. The first kappa shape index (κ1) is 28.5. The molecule has 0 aliphatic heterocycles. The van der Waals surface area contributed by atoms with Crippen molar-refractivity contribution in [2.45, 2.75) is 103 Å². The molecule has 0 aliphatic rings. The topological polar surface area (TPSA) is 91.7 Å². The predicted molar refractivity (Wildman–Crippen MR) is 137 cm³/mol. The summed E-state index contributed by atoms with van der Waals surface area (Å²) < 4.78 is 11.4. The molecule has 1 rings (SSSR count). The minimum absolute atomic E-state index is 0.0329. The van der Waals surface area contributed by atoms with Crippen LogP contribution in [0.1, 0.15) is 123 Å². The van der Waals surface area contributed by atoms with Gasteiger partial charge < -0.3 is 10.2 Å². The third kappa shape index (κ3) is 11.9. The van der Waals surface area contributed by atoms with Gasteiger partial charge in [-0.3, -0.25) is 3.07 Å². The summed E-state index contributed by atoms with van der Waals surface area (Å²) in [5.74, 6) is -2.26. The summed E-state index contributed by atoms with van der Waals surface area (Å²) >= 11 is -1.74. The molecule has 0 heterocycles. The average molecular weight is 558 g/mol. The zero-order chi connectivity index (χ0) is 23.6. The number of carbonyl (C=O) groups is 2. The minimum atomic E-state index is -1.74. The molecule has 32 heavy (non-hydrogen) atoms. The molecule has 0 aliphatic carbocycles. The van der Waals surface area contributed by atoms with E-state index >= 15 is 0 Å². The van der Waals surface area contributed by atoms with Crippen LogP contribution in [0, 0.1) is 3.57 Å². The number of allylic oxidation sites excluding steroid dienone is 2. The van der Waals surface area contributed by atoms with Crippen LogP contribution in [0.3, 0.4) is 0 Å². The molecule has 0 bridgehead atoms. The van der Waals surface area contributed by atoms with Crippen molar-refractivity contribution < 1.29 is 22.9 Å². The SMILES string of the molecule is CCCCCCCCCCC=CCCCCCCc1cc(C(=O)O)c(I=O)cc1C(=O)O. The van der Waals surface area contributed by atoms with E-state index in [-0.39, 0.29) is 14.7 Å². The Kier molecular flexibility index (Phi) is 15.9. The molecule has 1 aromatic carbocycles. The highest BCUT2D eigenvalue weighted by atomic mass is 127. The Bertz CT molecular complexity index is 742. The van der Waals surface area contributed by atoms with Crippen LogP contribution in [0.5, 0.6) is 0 Å². The standard InChI is InChI=1S/C26H39IO5/c1-2-3-4-5-6-7-8-9-10-11-12-13-14-15-16-17-18-21-19-23(26(30)31)24(27-32)20-22(21)25(28)29/h11-12,19-20H,2-10,13-18H2,1H3,(H,28,29)(H,30,31). The highest BCUT2D eigenvalue weighted by Crippen LogP contribution is 2.24. The lowest BCUT2D eigenvalue weighted by atomic mass is 9.98. The van der Waals surface area contributed by atoms with E-state index in [9.17, 15) is 22.9 Å². The van der Waals surface area contributed by atoms with Gasteiger partial charge in [-0.25, -0.2) is 9.59 Å². The van der Waals surface area contributed by atoms with Crippen molar-refractivity contribution in [3.63, 3.8) is 0 Å². The molecule has 180 valence electrons. The Morgan fingerprint density at radius 3 is 1.75 bits per heavy atom. The number of rotatable bonds is 19. The second-order valence-electron chi connectivity index (χ2n) is 8.36. The summed E-state index contributed by atoms with van der Waals surface area (Å²) in [4.78, 5) is 22.9. The molecule has 0 fully saturated rings. The van der Waals surface area contributed by atoms with E-state index in [1.54, 1.807) is 0 Å². The Morgan fingerprint density at radius 1 is 0.750 bits per heavy atom. The van der Waals surface area contributed by atoms with Gasteiger partial charge >= 0.3 is 11.9 Å². The summed E-state index contributed by atoms with van der Waals surface area (Å²) in [5.41, 5.74) is 0.556. The van der Waals surface area contributed by atoms with E-state index < -0.39 is 33.1 Å². The third-order valence-corrected chi connectivity index (χ3v) is 7.06. The van der Waals surface area contributed by atoms with Crippen LogP contribution < -0.4 is 0 Å². The number of hydrogen-bond acceptors (Lipinski definition) is 3. The van der Waals surface area contributed by atoms with Crippen LogP contribution in [0.15, 0.2) is 24.3 Å². The normalized spacial score (nSPS) is 11.3. The number of aromatic carboxylic acids is 2. The fraction of sp³-hybridized carbons (Fsp3) is 0.615. The highest BCUT2D eigenvalue weighted by molar-refractivity contribution is 14.1. The molecular formula is C26H39IO5. The second-order valence-corrected chi connectivity index (χ2v) is 9.97. The number of carboxylic acids is 2. The molecule has 0 saturated heterocycles. The molecule has 2 N–H and O–H groups in total. The molecule has 0 amide bonds. The number of hydrogen-bond donors (Lipinski definition) is 2. The van der Waals surface area contributed by atoms with Gasteiger partial charge in [0.1, 0.15) is 0 Å². The lowest BCUT2D eigenvalue weighted by Crippen LogP contribution is -2.08. The van der Waals surface area contributed by atoms with Crippen LogP contribution in [0.25, 0.3) is 0 Å². The maximum Gasteiger partial charge on any atom is 0.336 e. The van der Waals surface area contributed by atoms with Crippen molar-refractivity contribution in [3.05, 3.63) is 44.5 Å². The van der Waals surface area contributed by atoms with Gasteiger partial charge in [0.25, 0.3) is 0 Å². The van der Waals surface area contributed by atoms with Gasteiger partial charge in [-0.15, -0.1) is 0 Å². The van der Waals surface area contributed by atoms with Gasteiger partial charge in [0.2, 0.25) is 0 Å². The van der Waals surface area contributed by atoms with E-state index in [1.807, 2.05) is 0 Å². The number of benzene rings is 1. The zero-order valence-corrected chi connectivity index (χ0v) is 21.6. The van der Waals surface area contributed by atoms with Gasteiger partial charge in [-0.1, -0.05) is 76.9 Å². The maximum atomic E-state index is 11.5. The first-order valence-electron chi connectivity index (χ1n) is 12.1. The highest BCUT2D eigenvalue weighted by Gasteiger charge is 2.18. The van der Waals surface area contributed by atoms with E-state index in [0.29, 0.717) is 12.0 Å². The molecule has 0 unspecified atom stereocenters. The molecule has 0 atom stereocenters. The molecule has 0 aromatic heterocycles. The van der Waals surface area contributed by atoms with Crippen LogP contribution in [-0.2, 0) is 9.49 Å². The molecule has 0 saturated carbocycles. The average Bonchev–Trinajstić information content (AvgIpc) is 2.78. The summed E-state index contributed by atoms with van der Waals surface area (Å²) in [5, 5.41) is 18.7. The van der Waals surface area contributed by atoms with E-state index in [2.05, 4.69) is 19.1 Å². The second kappa shape index (κ2) is 17.9. The lowest BCUT2D eigenvalue weighted by Gasteiger charge is -2.09. The minimum Gasteiger partial charge on any atom is -0.478 e. The summed E-state index contributed by atoms with van der Waals surface area (Å²) in [6.07, 6.45) is 22.1. The Hall–Kier alpha value is -1.57. The van der Waals surface area contributed by atoms with Crippen molar-refractivity contribution in [1.82, 2.24) is 0 Å².